The van der Waals surface area contributed by atoms with Gasteiger partial charge >= 0.3 is 5.97 Å². The minimum atomic E-state index is -1.27. The van der Waals surface area contributed by atoms with Crippen molar-refractivity contribution in [3.8, 4) is 0 Å². The second-order valence-corrected chi connectivity index (χ2v) is 5.08. The van der Waals surface area contributed by atoms with Gasteiger partial charge in [0.15, 0.2) is 6.10 Å². The molecule has 0 aliphatic heterocycles. The van der Waals surface area contributed by atoms with Gasteiger partial charge in [-0.3, -0.25) is 0 Å². The van der Waals surface area contributed by atoms with Gasteiger partial charge in [0.05, 0.1) is 13.2 Å². The van der Waals surface area contributed by atoms with E-state index in [0.717, 1.165) is 25.9 Å². The molecule has 5 heteroatoms. The van der Waals surface area contributed by atoms with Crippen LogP contribution in [0.4, 0.5) is 0 Å². The lowest BCUT2D eigenvalue weighted by atomic mass is 10.1. The highest BCUT2D eigenvalue weighted by atomic mass is 16.5. The minimum Gasteiger partial charge on any atom is -0.479 e. The van der Waals surface area contributed by atoms with E-state index in [9.17, 15) is 4.79 Å². The van der Waals surface area contributed by atoms with E-state index in [1.807, 2.05) is 6.08 Å². The average Bonchev–Trinajstić information content (AvgIpc) is 2.47. The van der Waals surface area contributed by atoms with E-state index in [-0.39, 0.29) is 6.42 Å². The second-order valence-electron chi connectivity index (χ2n) is 5.08. The summed E-state index contributed by atoms with van der Waals surface area (Å²) in [5, 5.41) is 17.5. The zero-order valence-corrected chi connectivity index (χ0v) is 13.1. The lowest BCUT2D eigenvalue weighted by Gasteiger charge is -2.03. The van der Waals surface area contributed by atoms with Crippen molar-refractivity contribution in [1.29, 1.82) is 0 Å². The van der Waals surface area contributed by atoms with Crippen LogP contribution in [-0.4, -0.2) is 49.2 Å². The van der Waals surface area contributed by atoms with Crippen LogP contribution in [0.15, 0.2) is 12.2 Å². The largest absolute Gasteiger partial charge is 0.479 e. The van der Waals surface area contributed by atoms with Crippen LogP contribution in [-0.2, 0) is 14.3 Å². The van der Waals surface area contributed by atoms with E-state index >= 15 is 0 Å². The number of carbonyl (C=O) groups is 1. The van der Waals surface area contributed by atoms with Crippen molar-refractivity contribution < 1.29 is 24.5 Å². The van der Waals surface area contributed by atoms with E-state index in [1.165, 1.54) is 25.7 Å². The summed E-state index contributed by atoms with van der Waals surface area (Å²) >= 11 is 0. The van der Waals surface area contributed by atoms with Crippen molar-refractivity contribution in [2.45, 2.75) is 57.5 Å². The first-order chi connectivity index (χ1) is 10.2. The summed E-state index contributed by atoms with van der Waals surface area (Å²) in [5.74, 6) is -1.16. The Hall–Kier alpha value is -0.910. The van der Waals surface area contributed by atoms with Gasteiger partial charge < -0.3 is 19.7 Å². The molecule has 0 saturated carbocycles. The molecule has 5 nitrogen and oxygen atoms in total. The summed E-state index contributed by atoms with van der Waals surface area (Å²) in [7, 11) is 1.67. The molecule has 0 bridgehead atoms. The summed E-state index contributed by atoms with van der Waals surface area (Å²) in [5.41, 5.74) is 0. The normalized spacial score (nSPS) is 12.9. The minimum absolute atomic E-state index is 0.193. The first kappa shape index (κ1) is 20.1. The van der Waals surface area contributed by atoms with Gasteiger partial charge in [-0.15, -0.1) is 0 Å². The average molecular weight is 302 g/mol. The van der Waals surface area contributed by atoms with Crippen LogP contribution in [0.25, 0.3) is 0 Å². The molecule has 21 heavy (non-hydrogen) atoms. The molecule has 0 aromatic heterocycles. The third-order valence-corrected chi connectivity index (χ3v) is 3.15. The molecular formula is C16H30O5. The van der Waals surface area contributed by atoms with Gasteiger partial charge in [-0.2, -0.15) is 0 Å². The summed E-state index contributed by atoms with van der Waals surface area (Å²) in [4.78, 5) is 10.4. The highest BCUT2D eigenvalue weighted by Crippen LogP contribution is 2.08. The Balaban J connectivity index is 3.15. The maximum Gasteiger partial charge on any atom is 0.332 e. The molecule has 1 atom stereocenters. The first-order valence-electron chi connectivity index (χ1n) is 7.81. The number of allylic oxidation sites excluding steroid dienone is 1. The first-order valence-corrected chi connectivity index (χ1v) is 7.81. The van der Waals surface area contributed by atoms with Crippen LogP contribution in [0.1, 0.15) is 51.4 Å². The molecular weight excluding hydrogens is 272 g/mol. The number of ether oxygens (including phenoxy) is 2. The molecule has 0 aromatic carbocycles. The van der Waals surface area contributed by atoms with Gasteiger partial charge in [-0.25, -0.2) is 4.79 Å². The van der Waals surface area contributed by atoms with E-state index in [0.29, 0.717) is 13.2 Å². The van der Waals surface area contributed by atoms with Gasteiger partial charge in [-0.05, 0) is 19.3 Å². The monoisotopic (exact) mass is 302 g/mol. The number of aliphatic hydroxyl groups is 1. The van der Waals surface area contributed by atoms with E-state index in [2.05, 4.69) is 0 Å². The smallest absolute Gasteiger partial charge is 0.332 e. The van der Waals surface area contributed by atoms with Crippen LogP contribution < -0.4 is 0 Å². The Kier molecular flexibility index (Phi) is 14.8. The third-order valence-electron chi connectivity index (χ3n) is 3.15. The molecule has 0 heterocycles. The number of hydrogen-bond acceptors (Lipinski definition) is 4. The molecule has 0 aliphatic rings. The molecule has 1 unspecified atom stereocenters. The van der Waals surface area contributed by atoms with Crippen molar-refractivity contribution in [2.24, 2.45) is 0 Å². The standard InChI is InChI=1S/C16H30O5/c1-20-13-14-21-12-10-8-6-4-2-3-5-7-9-11-15(17)16(18)19/h7,9,15,17H,2-6,8,10-14H2,1H3,(H,18,19). The van der Waals surface area contributed by atoms with Gasteiger partial charge in [-0.1, -0.05) is 37.8 Å². The second kappa shape index (κ2) is 15.5. The predicted molar refractivity (Wildman–Crippen MR) is 82.4 cm³/mol. The maximum absolute atomic E-state index is 10.4. The summed E-state index contributed by atoms with van der Waals surface area (Å²) in [6.07, 6.45) is 10.6. The summed E-state index contributed by atoms with van der Waals surface area (Å²) in [6.45, 7) is 2.16. The number of methoxy groups -OCH3 is 1. The Bertz CT molecular complexity index is 265. The number of carboxylic acids is 1. The van der Waals surface area contributed by atoms with Gasteiger partial charge in [0.2, 0.25) is 0 Å². The fourth-order valence-electron chi connectivity index (χ4n) is 1.86. The van der Waals surface area contributed by atoms with Gasteiger partial charge in [0, 0.05) is 20.1 Å². The van der Waals surface area contributed by atoms with Crippen LogP contribution >= 0.6 is 0 Å². The fraction of sp³-hybridized carbons (Fsp3) is 0.812. The molecule has 0 aliphatic carbocycles. The van der Waals surface area contributed by atoms with Crippen LogP contribution in [0.3, 0.4) is 0 Å². The predicted octanol–water partition coefficient (Wildman–Crippen LogP) is 2.77. The zero-order chi connectivity index (χ0) is 15.8. The maximum atomic E-state index is 10.4. The van der Waals surface area contributed by atoms with E-state index < -0.39 is 12.1 Å². The Labute approximate surface area is 128 Å². The van der Waals surface area contributed by atoms with Crippen molar-refractivity contribution in [3.05, 3.63) is 12.2 Å². The Morgan fingerprint density at radius 3 is 2.33 bits per heavy atom. The molecule has 0 aromatic rings. The summed E-state index contributed by atoms with van der Waals surface area (Å²) < 4.78 is 10.3. The molecule has 0 amide bonds. The number of aliphatic carboxylic acids is 1. The quantitative estimate of drug-likeness (QED) is 0.359. The number of carboxylic acid groups (broad SMARTS) is 1. The number of aliphatic hydroxyl groups excluding tert-OH is 1. The third kappa shape index (κ3) is 15.3. The van der Waals surface area contributed by atoms with Crippen molar-refractivity contribution in [1.82, 2.24) is 0 Å². The number of rotatable bonds is 15. The van der Waals surface area contributed by atoms with Crippen molar-refractivity contribution in [2.75, 3.05) is 26.9 Å². The lowest BCUT2D eigenvalue weighted by Crippen LogP contribution is -2.17. The molecule has 0 radical (unpaired) electrons. The topological polar surface area (TPSA) is 76.0 Å². The van der Waals surface area contributed by atoms with E-state index in [1.54, 1.807) is 13.2 Å². The molecule has 0 rings (SSSR count). The molecule has 0 saturated heterocycles. The van der Waals surface area contributed by atoms with Gasteiger partial charge in [0.1, 0.15) is 0 Å². The molecule has 2 N–H and O–H groups in total. The fourth-order valence-corrected chi connectivity index (χ4v) is 1.86. The Morgan fingerprint density at radius 2 is 1.67 bits per heavy atom. The van der Waals surface area contributed by atoms with Crippen LogP contribution in [0.5, 0.6) is 0 Å². The van der Waals surface area contributed by atoms with Crippen LogP contribution in [0, 0.1) is 0 Å². The zero-order valence-electron chi connectivity index (χ0n) is 13.1. The SMILES string of the molecule is COCCOCCCCCCCCC=CCC(O)C(=O)O. The highest BCUT2D eigenvalue weighted by molar-refractivity contribution is 5.72. The number of hydrogen-bond donors (Lipinski definition) is 2. The number of unbranched alkanes of at least 4 members (excludes halogenated alkanes) is 6. The van der Waals surface area contributed by atoms with Crippen molar-refractivity contribution >= 4 is 5.97 Å². The molecule has 124 valence electrons. The van der Waals surface area contributed by atoms with Crippen LogP contribution in [0.2, 0.25) is 0 Å². The van der Waals surface area contributed by atoms with E-state index in [4.69, 9.17) is 19.7 Å². The Morgan fingerprint density at radius 1 is 1.00 bits per heavy atom. The summed E-state index contributed by atoms with van der Waals surface area (Å²) in [6, 6.07) is 0. The van der Waals surface area contributed by atoms with Crippen molar-refractivity contribution in [3.63, 3.8) is 0 Å². The highest BCUT2D eigenvalue weighted by Gasteiger charge is 2.09. The molecule has 0 fully saturated rings. The van der Waals surface area contributed by atoms with Gasteiger partial charge in [0.25, 0.3) is 0 Å². The lowest BCUT2D eigenvalue weighted by molar-refractivity contribution is -0.146. The molecule has 0 spiro atoms.